The van der Waals surface area contributed by atoms with Crippen molar-refractivity contribution >= 4 is 43.0 Å². The molecule has 2 atom stereocenters. The van der Waals surface area contributed by atoms with Crippen LogP contribution in [-0.4, -0.2) is 51.5 Å². The molecule has 1 aliphatic rings. The van der Waals surface area contributed by atoms with E-state index in [-0.39, 0.29) is 12.2 Å². The van der Waals surface area contributed by atoms with E-state index in [2.05, 4.69) is 37.8 Å². The quantitative estimate of drug-likeness (QED) is 0.459. The summed E-state index contributed by atoms with van der Waals surface area (Å²) in [6.07, 6.45) is -0.398. The number of carbonyl (C=O) groups excluding carboxylic acids is 2. The summed E-state index contributed by atoms with van der Waals surface area (Å²) in [5.74, 6) is -1.22. The maximum atomic E-state index is 12.4. The molecule has 0 unspecified atom stereocenters. The molecule has 9 heteroatoms. The molecule has 1 aliphatic heterocycles. The molecular formula is C20H31BO6SSi. The number of carbonyl (C=O) groups is 2. The summed E-state index contributed by atoms with van der Waals surface area (Å²) in [5, 5.41) is 0. The molecule has 6 nitrogen and oxygen atoms in total. The summed E-state index contributed by atoms with van der Waals surface area (Å²) in [4.78, 5) is 26.1. The van der Waals surface area contributed by atoms with Gasteiger partial charge < -0.3 is 18.8 Å². The van der Waals surface area contributed by atoms with Crippen LogP contribution in [0.15, 0.2) is 23.9 Å². The Balaban J connectivity index is 2.05. The summed E-state index contributed by atoms with van der Waals surface area (Å²) in [7, 11) is -2.41. The van der Waals surface area contributed by atoms with Gasteiger partial charge in [-0.2, -0.15) is 0 Å². The Morgan fingerprint density at radius 3 is 2.03 bits per heavy atom. The summed E-state index contributed by atoms with van der Waals surface area (Å²) >= 11 is 1.82. The van der Waals surface area contributed by atoms with Crippen molar-refractivity contribution in [1.29, 1.82) is 0 Å². The Bertz CT molecular complexity index is 715. The molecular weight excluding hydrogens is 407 g/mol. The first kappa shape index (κ1) is 23.9. The van der Waals surface area contributed by atoms with Crippen LogP contribution in [0.25, 0.3) is 0 Å². The van der Waals surface area contributed by atoms with Gasteiger partial charge in [-0.25, -0.2) is 9.59 Å². The lowest BCUT2D eigenvalue weighted by atomic mass is 9.85. The van der Waals surface area contributed by atoms with Crippen LogP contribution < -0.4 is 4.50 Å². The molecule has 160 valence electrons. The van der Waals surface area contributed by atoms with Crippen LogP contribution in [0.3, 0.4) is 0 Å². The minimum atomic E-state index is -1.71. The van der Waals surface area contributed by atoms with E-state index in [0.29, 0.717) is 6.32 Å². The maximum absolute atomic E-state index is 12.4. The lowest BCUT2D eigenvalue weighted by molar-refractivity contribution is -0.167. The molecule has 2 rings (SSSR count). The summed E-state index contributed by atoms with van der Waals surface area (Å²) < 4.78 is 23.3. The van der Waals surface area contributed by atoms with Gasteiger partial charge in [0, 0.05) is 4.88 Å². The van der Waals surface area contributed by atoms with Crippen molar-refractivity contribution in [3.63, 3.8) is 0 Å². The number of thiophene rings is 1. The zero-order chi connectivity index (χ0) is 21.8. The number of aryl methyl sites for hydroxylation is 1. The van der Waals surface area contributed by atoms with Gasteiger partial charge in [0.25, 0.3) is 0 Å². The largest absolute Gasteiger partial charge is 0.462 e. The molecule has 1 aromatic rings. The Hall–Kier alpha value is -1.42. The highest BCUT2D eigenvalue weighted by Crippen LogP contribution is 2.23. The highest BCUT2D eigenvalue weighted by atomic mass is 32.1. The zero-order valence-corrected chi connectivity index (χ0v) is 20.1. The number of hydrogen-bond donors (Lipinski definition) is 0. The fraction of sp³-hybridized carbons (Fsp3) is 0.600. The van der Waals surface area contributed by atoms with Gasteiger partial charge in [-0.15, -0.1) is 11.3 Å². The summed E-state index contributed by atoms with van der Waals surface area (Å²) in [6.45, 7) is 13.6. The molecule has 0 N–H and O–H groups in total. The van der Waals surface area contributed by atoms with Crippen LogP contribution in [0.1, 0.15) is 32.6 Å². The van der Waals surface area contributed by atoms with Gasteiger partial charge in [-0.3, -0.25) is 0 Å². The number of allylic oxidation sites excluding steroid dienone is 1. The van der Waals surface area contributed by atoms with Crippen LogP contribution >= 0.6 is 11.3 Å². The van der Waals surface area contributed by atoms with E-state index in [1.165, 1.54) is 9.38 Å². The van der Waals surface area contributed by atoms with Crippen LogP contribution in [-0.2, 0) is 28.4 Å². The van der Waals surface area contributed by atoms with Crippen molar-refractivity contribution in [2.75, 3.05) is 0 Å². The second-order valence-electron chi connectivity index (χ2n) is 8.28. The van der Waals surface area contributed by atoms with Gasteiger partial charge in [0.15, 0.2) is 12.2 Å². The first-order valence-corrected chi connectivity index (χ1v) is 13.9. The van der Waals surface area contributed by atoms with Gasteiger partial charge >= 0.3 is 19.1 Å². The lowest BCUT2D eigenvalue weighted by Gasteiger charge is -2.18. The van der Waals surface area contributed by atoms with Crippen LogP contribution in [0.2, 0.25) is 19.4 Å². The maximum Gasteiger partial charge on any atom is 0.462 e. The monoisotopic (exact) mass is 438 g/mol. The van der Waals surface area contributed by atoms with E-state index >= 15 is 0 Å². The molecule has 0 amide bonds. The molecule has 0 aromatic carbocycles. The van der Waals surface area contributed by atoms with E-state index in [1.54, 1.807) is 27.7 Å². The second-order valence-corrected chi connectivity index (χ2v) is 14.2. The van der Waals surface area contributed by atoms with Crippen LogP contribution in [0, 0.1) is 6.92 Å². The number of esters is 2. The van der Waals surface area contributed by atoms with Gasteiger partial charge in [0.2, 0.25) is 0 Å². The fourth-order valence-electron chi connectivity index (χ4n) is 2.91. The van der Waals surface area contributed by atoms with E-state index in [4.69, 9.17) is 18.8 Å². The standard InChI is InChI=1S/C20H31BO6SSi/c1-13(2)24-19(22)17-18(20(23)25-14(3)4)27-21(26-17)11-8-12-29(6,7)16-10-9-15(5)28-16/h8-10,12-14,17-18H,11H2,1-7H3/b12-8+/t17-,18-/m1/s1. The molecule has 0 spiro atoms. The van der Waals surface area contributed by atoms with Crippen molar-refractivity contribution in [3.8, 4) is 0 Å². The smallest absolute Gasteiger partial charge is 0.461 e. The molecule has 2 heterocycles. The predicted molar refractivity (Wildman–Crippen MR) is 118 cm³/mol. The number of ether oxygens (including phenoxy) is 2. The molecule has 29 heavy (non-hydrogen) atoms. The molecule has 0 bridgehead atoms. The number of hydrogen-bond acceptors (Lipinski definition) is 7. The normalized spacial score (nSPS) is 20.1. The third kappa shape index (κ3) is 6.81. The van der Waals surface area contributed by atoms with Gasteiger partial charge in [-0.05, 0) is 51.5 Å². The van der Waals surface area contributed by atoms with E-state index in [9.17, 15) is 9.59 Å². The van der Waals surface area contributed by atoms with Gasteiger partial charge in [-0.1, -0.05) is 30.9 Å². The number of rotatable bonds is 8. The van der Waals surface area contributed by atoms with Crippen LogP contribution in [0.4, 0.5) is 0 Å². The van der Waals surface area contributed by atoms with Gasteiger partial charge in [0.05, 0.1) is 12.2 Å². The van der Waals surface area contributed by atoms with E-state index in [0.717, 1.165) is 0 Å². The van der Waals surface area contributed by atoms with Gasteiger partial charge in [0.1, 0.15) is 8.07 Å². The average Bonchev–Trinajstić information content (AvgIpc) is 3.20. The molecule has 0 aliphatic carbocycles. The average molecular weight is 438 g/mol. The highest BCUT2D eigenvalue weighted by Gasteiger charge is 2.49. The zero-order valence-electron chi connectivity index (χ0n) is 18.3. The molecule has 0 saturated carbocycles. The Labute approximate surface area is 178 Å². The molecule has 1 saturated heterocycles. The van der Waals surface area contributed by atoms with Crippen molar-refractivity contribution in [1.82, 2.24) is 0 Å². The van der Waals surface area contributed by atoms with E-state index in [1.807, 2.05) is 17.4 Å². The van der Waals surface area contributed by atoms with Crippen molar-refractivity contribution < 1.29 is 28.4 Å². The summed E-state index contributed by atoms with van der Waals surface area (Å²) in [6, 6.07) is 4.33. The first-order valence-electron chi connectivity index (χ1n) is 9.96. The minimum absolute atomic E-state index is 0.312. The SMILES string of the molecule is Cc1ccc([Si](C)(C)/C=C/CB2O[C@@H](C(=O)OC(C)C)[C@H](C(=O)OC(C)C)O2)s1. The Kier molecular flexibility index (Phi) is 8.28. The first-order chi connectivity index (χ1) is 13.5. The molecule has 1 fully saturated rings. The topological polar surface area (TPSA) is 71.1 Å². The third-order valence-corrected chi connectivity index (χ3v) is 9.48. The highest BCUT2D eigenvalue weighted by molar-refractivity contribution is 7.27. The van der Waals surface area contributed by atoms with E-state index < -0.39 is 39.3 Å². The van der Waals surface area contributed by atoms with Crippen LogP contribution in [0.5, 0.6) is 0 Å². The van der Waals surface area contributed by atoms with Crippen molar-refractivity contribution in [3.05, 3.63) is 28.8 Å². The fourth-order valence-corrected chi connectivity index (χ4v) is 6.67. The second kappa shape index (κ2) is 10.1. The lowest BCUT2D eigenvalue weighted by Crippen LogP contribution is -2.40. The van der Waals surface area contributed by atoms with Crippen molar-refractivity contribution in [2.24, 2.45) is 0 Å². The third-order valence-electron chi connectivity index (χ3n) is 4.28. The Morgan fingerprint density at radius 1 is 1.10 bits per heavy atom. The van der Waals surface area contributed by atoms with Crippen molar-refractivity contribution in [2.45, 2.75) is 78.4 Å². The molecule has 1 aromatic heterocycles. The predicted octanol–water partition coefficient (Wildman–Crippen LogP) is 3.24. The molecule has 0 radical (unpaired) electrons. The Morgan fingerprint density at radius 2 is 1.62 bits per heavy atom. The minimum Gasteiger partial charge on any atom is -0.461 e. The summed E-state index contributed by atoms with van der Waals surface area (Å²) in [5.41, 5.74) is 2.23.